The number of anilines is 2. The molecule has 244 valence electrons. The molecule has 4 aromatic carbocycles. The Hall–Kier alpha value is -5.74. The fraction of sp³-hybridized carbons (Fsp3) is 0.174. The molecule has 4 nitrogen and oxygen atoms in total. The van der Waals surface area contributed by atoms with E-state index in [1.165, 1.54) is 44.5 Å². The van der Waals surface area contributed by atoms with Gasteiger partial charge in [-0.05, 0) is 71.6 Å². The zero-order chi connectivity index (χ0) is 33.3. The number of allylic oxidation sites excluding steroid dienone is 10. The zero-order valence-corrected chi connectivity index (χ0v) is 28.1. The molecule has 9 rings (SSSR count). The second-order valence-corrected chi connectivity index (χ2v) is 13.6. The number of rotatable bonds is 6. The van der Waals surface area contributed by atoms with Crippen molar-refractivity contribution in [3.63, 3.8) is 0 Å². The van der Waals surface area contributed by atoms with Crippen LogP contribution in [0.3, 0.4) is 0 Å². The third kappa shape index (κ3) is 5.92. The molecule has 0 radical (unpaired) electrons. The van der Waals surface area contributed by atoms with Gasteiger partial charge in [-0.3, -0.25) is 9.98 Å². The van der Waals surface area contributed by atoms with Crippen LogP contribution < -0.4 is 10.6 Å². The lowest BCUT2D eigenvalue weighted by molar-refractivity contribution is 0.767. The Balaban J connectivity index is 1.04. The van der Waals surface area contributed by atoms with Gasteiger partial charge in [0.1, 0.15) is 17.7 Å². The van der Waals surface area contributed by atoms with Crippen LogP contribution in [0.15, 0.2) is 167 Å². The van der Waals surface area contributed by atoms with Crippen LogP contribution in [0.4, 0.5) is 11.4 Å². The van der Waals surface area contributed by atoms with Gasteiger partial charge in [0, 0.05) is 33.9 Å². The van der Waals surface area contributed by atoms with Crippen molar-refractivity contribution in [3.8, 4) is 11.1 Å². The average molecular weight is 649 g/mol. The van der Waals surface area contributed by atoms with Crippen molar-refractivity contribution in [2.45, 2.75) is 44.7 Å². The number of aliphatic imine (C=N–C) groups is 2. The van der Waals surface area contributed by atoms with Gasteiger partial charge in [-0.25, -0.2) is 0 Å². The Morgan fingerprint density at radius 2 is 1.48 bits per heavy atom. The van der Waals surface area contributed by atoms with Gasteiger partial charge in [0.25, 0.3) is 0 Å². The Morgan fingerprint density at radius 3 is 2.24 bits per heavy atom. The molecule has 2 unspecified atom stereocenters. The molecule has 2 heterocycles. The highest BCUT2D eigenvalue weighted by atomic mass is 15.1. The maximum atomic E-state index is 5.41. The Labute approximate surface area is 294 Å². The summed E-state index contributed by atoms with van der Waals surface area (Å²) in [5.74, 6) is 2.25. The summed E-state index contributed by atoms with van der Waals surface area (Å²) in [4.78, 5) is 10.5. The second-order valence-electron chi connectivity index (χ2n) is 13.6. The molecular formula is C46H40N4. The first-order valence-corrected chi connectivity index (χ1v) is 18.0. The zero-order valence-electron chi connectivity index (χ0n) is 28.1. The van der Waals surface area contributed by atoms with Crippen LogP contribution >= 0.6 is 0 Å². The van der Waals surface area contributed by atoms with Crippen LogP contribution in [0.25, 0.3) is 16.7 Å². The molecule has 0 saturated carbocycles. The summed E-state index contributed by atoms with van der Waals surface area (Å²) in [7, 11) is 0. The number of nitrogens with zero attached hydrogens (tertiary/aromatic N) is 2. The fourth-order valence-corrected chi connectivity index (χ4v) is 7.69. The predicted octanol–water partition coefficient (Wildman–Crippen LogP) is 11.2. The average Bonchev–Trinajstić information content (AvgIpc) is 3.21. The number of hydrogen-bond donors (Lipinski definition) is 2. The first-order valence-electron chi connectivity index (χ1n) is 18.0. The smallest absolute Gasteiger partial charge is 0.133 e. The van der Waals surface area contributed by atoms with Crippen LogP contribution in [0.1, 0.15) is 66.0 Å². The number of benzene rings is 4. The minimum Gasteiger partial charge on any atom is -0.340 e. The molecule has 0 fully saturated rings. The van der Waals surface area contributed by atoms with Crippen molar-refractivity contribution in [1.82, 2.24) is 0 Å². The van der Waals surface area contributed by atoms with Gasteiger partial charge >= 0.3 is 0 Å². The summed E-state index contributed by atoms with van der Waals surface area (Å²) in [6, 6.07) is 32.6. The van der Waals surface area contributed by atoms with E-state index in [2.05, 4.69) is 156 Å². The van der Waals surface area contributed by atoms with Gasteiger partial charge in [-0.2, -0.15) is 0 Å². The molecule has 4 heteroatoms. The Morgan fingerprint density at radius 1 is 0.660 bits per heavy atom. The molecule has 3 aliphatic carbocycles. The van der Waals surface area contributed by atoms with Crippen LogP contribution in [-0.4, -0.2) is 11.7 Å². The standard InChI is InChI=1S/C46H40N4/c1-4-10-31(11-5-1)34-16-22-37(23-17-34)43-40-28-29-42-41(30-47-45(48-42)38-24-18-35(19-25-38)32-12-6-2-7-13-32)44(40)50-46(49-43)39-26-20-36(21-27-39)33-14-8-3-9-15-33/h1-2,4-6,8,10-12,14-20,22-29,36,43H,3,7,9,13,21,30H2,(H,47,48)(H,49,50). The fourth-order valence-electron chi connectivity index (χ4n) is 7.69. The van der Waals surface area contributed by atoms with Gasteiger partial charge < -0.3 is 10.6 Å². The lowest BCUT2D eigenvalue weighted by Gasteiger charge is -2.31. The molecule has 0 saturated heterocycles. The van der Waals surface area contributed by atoms with Crippen molar-refractivity contribution in [1.29, 1.82) is 0 Å². The van der Waals surface area contributed by atoms with Crippen molar-refractivity contribution < 1.29 is 0 Å². The van der Waals surface area contributed by atoms with Gasteiger partial charge in [-0.15, -0.1) is 0 Å². The summed E-state index contributed by atoms with van der Waals surface area (Å²) in [6.45, 7) is 0.593. The molecule has 0 spiro atoms. The van der Waals surface area contributed by atoms with E-state index in [1.807, 2.05) is 0 Å². The van der Waals surface area contributed by atoms with E-state index >= 15 is 0 Å². The molecule has 2 aliphatic heterocycles. The number of nitrogens with one attached hydrogen (secondary N) is 2. The molecule has 50 heavy (non-hydrogen) atoms. The van der Waals surface area contributed by atoms with Gasteiger partial charge in [0.05, 0.1) is 12.2 Å². The first-order chi connectivity index (χ1) is 24.8. The summed E-state index contributed by atoms with van der Waals surface area (Å²) in [6.07, 6.45) is 26.0. The van der Waals surface area contributed by atoms with Crippen molar-refractivity contribution in [2.75, 3.05) is 10.6 Å². The third-order valence-electron chi connectivity index (χ3n) is 10.5. The summed E-state index contributed by atoms with van der Waals surface area (Å²) in [5.41, 5.74) is 14.5. The van der Waals surface area contributed by atoms with Crippen molar-refractivity contribution in [2.24, 2.45) is 15.9 Å². The highest BCUT2D eigenvalue weighted by Crippen LogP contribution is 2.43. The van der Waals surface area contributed by atoms with Crippen LogP contribution in [0.5, 0.6) is 0 Å². The summed E-state index contributed by atoms with van der Waals surface area (Å²) >= 11 is 0. The predicted molar refractivity (Wildman–Crippen MR) is 210 cm³/mol. The SMILES string of the molecule is C1=CCCC(c2ccc(C3=NCc4c(ccc5c4NC(C4=CCC(C6=CCCC=C6)C=C4)=NC5c4ccc(-c5ccccc5)cc4)N3)cc2)=C1. The van der Waals surface area contributed by atoms with Gasteiger partial charge in [0.2, 0.25) is 0 Å². The molecule has 0 amide bonds. The second kappa shape index (κ2) is 13.3. The lowest BCUT2D eigenvalue weighted by atomic mass is 9.86. The number of hydrogen-bond acceptors (Lipinski definition) is 4. The third-order valence-corrected chi connectivity index (χ3v) is 10.5. The Kier molecular flexibility index (Phi) is 8.06. The summed E-state index contributed by atoms with van der Waals surface area (Å²) < 4.78 is 0. The lowest BCUT2D eigenvalue weighted by Crippen LogP contribution is -2.27. The van der Waals surface area contributed by atoms with E-state index in [-0.39, 0.29) is 6.04 Å². The minimum absolute atomic E-state index is 0.130. The van der Waals surface area contributed by atoms with E-state index in [0.29, 0.717) is 12.5 Å². The molecular weight excluding hydrogens is 609 g/mol. The van der Waals surface area contributed by atoms with E-state index in [9.17, 15) is 0 Å². The maximum Gasteiger partial charge on any atom is 0.133 e. The van der Waals surface area contributed by atoms with Crippen molar-refractivity contribution >= 4 is 28.6 Å². The van der Waals surface area contributed by atoms with Crippen LogP contribution in [0, 0.1) is 5.92 Å². The highest BCUT2D eigenvalue weighted by molar-refractivity contribution is 6.14. The summed E-state index contributed by atoms with van der Waals surface area (Å²) in [5, 5.41) is 7.49. The van der Waals surface area contributed by atoms with Gasteiger partial charge in [-0.1, -0.05) is 140 Å². The van der Waals surface area contributed by atoms with Crippen LogP contribution in [-0.2, 0) is 6.54 Å². The maximum absolute atomic E-state index is 5.41. The highest BCUT2D eigenvalue weighted by Gasteiger charge is 2.29. The topological polar surface area (TPSA) is 48.8 Å². The molecule has 2 atom stereocenters. The monoisotopic (exact) mass is 648 g/mol. The largest absolute Gasteiger partial charge is 0.340 e. The molecule has 2 N–H and O–H groups in total. The van der Waals surface area contributed by atoms with E-state index in [4.69, 9.17) is 9.98 Å². The van der Waals surface area contributed by atoms with Crippen molar-refractivity contribution in [3.05, 3.63) is 185 Å². The molecule has 4 aromatic rings. The van der Waals surface area contributed by atoms with Crippen LogP contribution in [0.2, 0.25) is 0 Å². The normalized spacial score (nSPS) is 20.6. The molecule has 0 aromatic heterocycles. The number of amidine groups is 2. The quantitative estimate of drug-likeness (QED) is 0.219. The molecule has 5 aliphatic rings. The number of fused-ring (bicyclic) bond motifs is 3. The first kappa shape index (κ1) is 30.3. The minimum atomic E-state index is -0.130. The van der Waals surface area contributed by atoms with E-state index < -0.39 is 0 Å². The van der Waals surface area contributed by atoms with E-state index in [1.54, 1.807) is 0 Å². The van der Waals surface area contributed by atoms with E-state index in [0.717, 1.165) is 66.3 Å². The Bertz CT molecular complexity index is 2190. The van der Waals surface area contributed by atoms with Gasteiger partial charge in [0.15, 0.2) is 0 Å². The molecule has 0 bridgehead atoms.